The summed E-state index contributed by atoms with van der Waals surface area (Å²) in [5, 5.41) is 11.2. The van der Waals surface area contributed by atoms with Gasteiger partial charge in [-0.1, -0.05) is 0 Å². The van der Waals surface area contributed by atoms with Crippen LogP contribution in [0.4, 0.5) is 0 Å². The minimum Gasteiger partial charge on any atom is -0.378 e. The topological polar surface area (TPSA) is 68.0 Å². The monoisotopic (exact) mass is 411 g/mol. The van der Waals surface area contributed by atoms with E-state index in [1.54, 1.807) is 0 Å². The first-order valence-electron chi connectivity index (χ1n) is 6.77. The fourth-order valence-electron chi connectivity index (χ4n) is 2.74. The molecule has 0 radical (unpaired) electrons. The predicted octanol–water partition coefficient (Wildman–Crippen LogP) is 2.62. The van der Waals surface area contributed by atoms with Crippen molar-refractivity contribution in [1.29, 1.82) is 0 Å². The smallest absolute Gasteiger partial charge is 0.378 e. The zero-order valence-electron chi connectivity index (χ0n) is 11.6. The highest BCUT2D eigenvalue weighted by Gasteiger charge is 2.48. The maximum atomic E-state index is 11.2. The van der Waals surface area contributed by atoms with Gasteiger partial charge in [-0.25, -0.2) is 0 Å². The van der Waals surface area contributed by atoms with Gasteiger partial charge in [0.1, 0.15) is 0 Å². The molecule has 8 heteroatoms. The number of halogens is 2. The molecule has 6 nitrogen and oxygen atoms in total. The highest BCUT2D eigenvalue weighted by atomic mass is 79.9. The average molecular weight is 413 g/mol. The van der Waals surface area contributed by atoms with Gasteiger partial charge in [0.2, 0.25) is 5.84 Å². The van der Waals surface area contributed by atoms with Crippen LogP contribution in [0.5, 0.6) is 0 Å². The maximum absolute atomic E-state index is 11.2. The lowest BCUT2D eigenvalue weighted by atomic mass is 10.0. The second kappa shape index (κ2) is 6.27. The molecule has 3 unspecified atom stereocenters. The summed E-state index contributed by atoms with van der Waals surface area (Å²) < 4.78 is 4.09. The minimum absolute atomic E-state index is 0.243. The van der Waals surface area contributed by atoms with E-state index in [1.165, 1.54) is 0 Å². The second-order valence-electron chi connectivity index (χ2n) is 5.54. The van der Waals surface area contributed by atoms with Gasteiger partial charge in [0, 0.05) is 56.9 Å². The van der Waals surface area contributed by atoms with Crippen LogP contribution in [-0.4, -0.2) is 50.9 Å². The molecule has 2 heterocycles. The molecule has 114 valence electrons. The van der Waals surface area contributed by atoms with Crippen molar-refractivity contribution in [2.75, 3.05) is 19.7 Å². The molecule has 0 N–H and O–H groups in total. The number of rotatable bonds is 4. The number of hydrogen-bond acceptors (Lipinski definition) is 5. The van der Waals surface area contributed by atoms with E-state index < -0.39 is 8.28 Å². The van der Waals surface area contributed by atoms with E-state index in [9.17, 15) is 10.1 Å². The predicted molar refractivity (Wildman–Crippen MR) is 84.2 cm³/mol. The molecule has 0 aliphatic carbocycles. The van der Waals surface area contributed by atoms with Gasteiger partial charge in [0.25, 0.3) is 0 Å². The Bertz CT molecular complexity index is 417. The van der Waals surface area contributed by atoms with Crippen molar-refractivity contribution >= 4 is 37.7 Å². The fraction of sp³-hybridized carbons (Fsp3) is 0.917. The molecule has 0 spiro atoms. The van der Waals surface area contributed by atoms with Gasteiger partial charge in [-0.15, -0.1) is 0 Å². The molecule has 2 aliphatic heterocycles. The maximum Gasteiger partial charge on any atom is 0.382 e. The first kappa shape index (κ1) is 16.2. The van der Waals surface area contributed by atoms with Crippen LogP contribution in [0.15, 0.2) is 4.99 Å². The molecule has 0 amide bonds. The molecule has 1 saturated heterocycles. The number of nitrogens with zero attached hydrogens (tertiary/aromatic N) is 3. The number of aliphatic imine (C=N–C) groups is 1. The van der Waals surface area contributed by atoms with Crippen LogP contribution in [0.3, 0.4) is 0 Å². The molecule has 0 saturated carbocycles. The summed E-state index contributed by atoms with van der Waals surface area (Å²) >= 11 is 6.30. The number of ether oxygens (including phenoxy) is 1. The molecular formula is C12H19Br2N3O3. The van der Waals surface area contributed by atoms with Crippen LogP contribution in [0.25, 0.3) is 0 Å². The molecule has 1 fully saturated rings. The van der Waals surface area contributed by atoms with E-state index in [2.05, 4.69) is 50.7 Å². The number of amidine groups is 1. The Kier molecular flexibility index (Phi) is 5.07. The normalized spacial score (nSPS) is 31.3. The standard InChI is InChI=1S/C12H19Br2N3O3/c1-8-3-4-15-11(12(13,14)17(18)19)16(8)6-10-5-9(2)20-7-10/h8-10H,3-7H2,1-2H3. The van der Waals surface area contributed by atoms with Gasteiger partial charge in [-0.05, 0) is 26.7 Å². The van der Waals surface area contributed by atoms with E-state index in [4.69, 9.17) is 4.74 Å². The van der Waals surface area contributed by atoms with Crippen molar-refractivity contribution in [3.05, 3.63) is 10.1 Å². The molecule has 0 bridgehead atoms. The summed E-state index contributed by atoms with van der Waals surface area (Å²) in [5.41, 5.74) is 0. The molecule has 0 aromatic rings. The zero-order chi connectivity index (χ0) is 14.9. The Morgan fingerprint density at radius 1 is 1.55 bits per heavy atom. The van der Waals surface area contributed by atoms with Crippen molar-refractivity contribution in [2.24, 2.45) is 10.9 Å². The van der Waals surface area contributed by atoms with Crippen LogP contribution in [0.2, 0.25) is 0 Å². The number of alkyl halides is 2. The highest BCUT2D eigenvalue weighted by Crippen LogP contribution is 2.34. The van der Waals surface area contributed by atoms with Crippen molar-refractivity contribution in [3.8, 4) is 0 Å². The van der Waals surface area contributed by atoms with Gasteiger partial charge in [-0.2, -0.15) is 0 Å². The lowest BCUT2D eigenvalue weighted by Crippen LogP contribution is -2.53. The van der Waals surface area contributed by atoms with Crippen LogP contribution in [0.1, 0.15) is 26.7 Å². The van der Waals surface area contributed by atoms with Gasteiger partial charge < -0.3 is 9.64 Å². The van der Waals surface area contributed by atoms with E-state index >= 15 is 0 Å². The Morgan fingerprint density at radius 2 is 2.25 bits per heavy atom. The molecule has 2 aliphatic rings. The number of nitro groups is 1. The van der Waals surface area contributed by atoms with Crippen LogP contribution < -0.4 is 0 Å². The van der Waals surface area contributed by atoms with E-state index in [0.717, 1.165) is 19.4 Å². The van der Waals surface area contributed by atoms with Gasteiger partial charge in [0.05, 0.1) is 17.6 Å². The Balaban J connectivity index is 2.16. The van der Waals surface area contributed by atoms with Crippen molar-refractivity contribution < 1.29 is 9.66 Å². The summed E-state index contributed by atoms with van der Waals surface area (Å²) in [6.07, 6.45) is 2.18. The van der Waals surface area contributed by atoms with Gasteiger partial charge in [-0.3, -0.25) is 15.1 Å². The third kappa shape index (κ3) is 3.33. The summed E-state index contributed by atoms with van der Waals surface area (Å²) in [4.78, 5) is 17.3. The summed E-state index contributed by atoms with van der Waals surface area (Å²) in [6, 6.07) is 0.243. The zero-order valence-corrected chi connectivity index (χ0v) is 14.8. The summed E-state index contributed by atoms with van der Waals surface area (Å²) in [5.74, 6) is 0.860. The minimum atomic E-state index is -1.50. The van der Waals surface area contributed by atoms with Gasteiger partial charge in [0.15, 0.2) is 0 Å². The Morgan fingerprint density at radius 3 is 2.80 bits per heavy atom. The molecule has 2 rings (SSSR count). The van der Waals surface area contributed by atoms with Crippen molar-refractivity contribution in [2.45, 2.75) is 42.2 Å². The molecular weight excluding hydrogens is 394 g/mol. The number of hydrogen-bond donors (Lipinski definition) is 0. The lowest BCUT2D eigenvalue weighted by molar-refractivity contribution is -0.487. The third-order valence-corrected chi connectivity index (χ3v) is 5.14. The quantitative estimate of drug-likeness (QED) is 0.308. The molecule has 20 heavy (non-hydrogen) atoms. The second-order valence-corrected chi connectivity index (χ2v) is 8.90. The average Bonchev–Trinajstić information content (AvgIpc) is 2.77. The van der Waals surface area contributed by atoms with E-state index in [-0.39, 0.29) is 12.1 Å². The van der Waals surface area contributed by atoms with Crippen LogP contribution in [-0.2, 0) is 4.74 Å². The van der Waals surface area contributed by atoms with E-state index in [1.807, 2.05) is 4.90 Å². The fourth-order valence-corrected chi connectivity index (χ4v) is 3.45. The van der Waals surface area contributed by atoms with Crippen molar-refractivity contribution in [3.63, 3.8) is 0 Å². The van der Waals surface area contributed by atoms with Crippen LogP contribution in [0, 0.1) is 16.0 Å². The van der Waals surface area contributed by atoms with Crippen LogP contribution >= 0.6 is 31.9 Å². The Hall–Kier alpha value is -0.210. The van der Waals surface area contributed by atoms with E-state index in [0.29, 0.717) is 24.9 Å². The lowest BCUT2D eigenvalue weighted by Gasteiger charge is -2.38. The van der Waals surface area contributed by atoms with Crippen molar-refractivity contribution in [1.82, 2.24) is 4.90 Å². The Labute approximate surface area is 135 Å². The summed E-state index contributed by atoms with van der Waals surface area (Å²) in [6.45, 7) is 6.23. The highest BCUT2D eigenvalue weighted by molar-refractivity contribution is 9.25. The van der Waals surface area contributed by atoms with Gasteiger partial charge >= 0.3 is 3.36 Å². The molecule has 0 aromatic heterocycles. The first-order chi connectivity index (χ1) is 9.32. The molecule has 0 aromatic carbocycles. The third-order valence-electron chi connectivity index (χ3n) is 3.85. The first-order valence-corrected chi connectivity index (χ1v) is 8.36. The largest absolute Gasteiger partial charge is 0.382 e. The molecule has 3 atom stereocenters. The SMILES string of the molecule is CC1CC(CN2C(C(Br)(Br)[N+](=O)[O-])=NCCC2C)CO1. The summed E-state index contributed by atoms with van der Waals surface area (Å²) in [7, 11) is 0.